The molecule has 9 nitrogen and oxygen atoms in total. The summed E-state index contributed by atoms with van der Waals surface area (Å²) >= 11 is 12.5. The predicted molar refractivity (Wildman–Crippen MR) is 99.3 cm³/mol. The normalized spacial score (nSPS) is 11.9. The third kappa shape index (κ3) is 4.03. The Morgan fingerprint density at radius 2 is 2.07 bits per heavy atom. The molecule has 3 rings (SSSR count). The maximum Gasteiger partial charge on any atom is 0.339 e. The number of amides is 2. The molecule has 1 aromatic carbocycles. The lowest BCUT2D eigenvalue weighted by atomic mass is 9.99. The first-order valence-electron chi connectivity index (χ1n) is 7.90. The van der Waals surface area contributed by atoms with Crippen molar-refractivity contribution >= 4 is 29.2 Å². The maximum absolute atomic E-state index is 14.7. The average Bonchev–Trinajstić information content (AvgIpc) is 3.06. The van der Waals surface area contributed by atoms with Crippen LogP contribution in [-0.4, -0.2) is 36.4 Å². The highest BCUT2D eigenvalue weighted by Crippen LogP contribution is 2.38. The van der Waals surface area contributed by atoms with Gasteiger partial charge < -0.3 is 5.32 Å². The molecule has 0 radical (unpaired) electrons. The number of nitrogens with one attached hydrogen (secondary N) is 2. The molecule has 1 atom stereocenters. The molecule has 0 aliphatic rings. The minimum absolute atomic E-state index is 0.0142. The summed E-state index contributed by atoms with van der Waals surface area (Å²) in [4.78, 5) is 16.6. The van der Waals surface area contributed by atoms with Crippen molar-refractivity contribution in [2.75, 3.05) is 0 Å². The van der Waals surface area contributed by atoms with Crippen molar-refractivity contribution < 1.29 is 14.4 Å². The fourth-order valence-electron chi connectivity index (χ4n) is 2.62. The number of tetrazole rings is 1. The standard InChI is InChI=1S/C16H14Cl2FN7O2/c1-7(21-16(27)24-28)14-12(19)3-8(6-20-14)10-4-9(17)5-11(18)13(10)15-22-25-26(2)23-15/h3-7,28H,1-2H3,(H2,21,24,27)/t7-/m1/s1. The van der Waals surface area contributed by atoms with Crippen LogP contribution in [0, 0.1) is 5.82 Å². The van der Waals surface area contributed by atoms with E-state index in [2.05, 4.69) is 25.7 Å². The summed E-state index contributed by atoms with van der Waals surface area (Å²) in [5.74, 6) is -0.421. The van der Waals surface area contributed by atoms with Gasteiger partial charge in [-0.2, -0.15) is 4.80 Å². The second-order valence-corrected chi connectivity index (χ2v) is 6.65. The van der Waals surface area contributed by atoms with Crippen LogP contribution in [0.15, 0.2) is 24.4 Å². The number of urea groups is 1. The molecule has 0 aliphatic carbocycles. The van der Waals surface area contributed by atoms with Gasteiger partial charge in [0.25, 0.3) is 0 Å². The molecular formula is C16H14Cl2FN7O2. The quantitative estimate of drug-likeness (QED) is 0.436. The van der Waals surface area contributed by atoms with Crippen LogP contribution in [0.5, 0.6) is 0 Å². The molecular weight excluding hydrogens is 412 g/mol. The van der Waals surface area contributed by atoms with Crippen LogP contribution in [-0.2, 0) is 7.05 Å². The number of hydrogen-bond acceptors (Lipinski definition) is 6. The minimum Gasteiger partial charge on any atom is -0.328 e. The van der Waals surface area contributed by atoms with Gasteiger partial charge in [-0.3, -0.25) is 10.2 Å². The fourth-order valence-corrected chi connectivity index (χ4v) is 3.20. The molecule has 0 fully saturated rings. The second-order valence-electron chi connectivity index (χ2n) is 5.81. The maximum atomic E-state index is 14.7. The number of hydrogen-bond donors (Lipinski definition) is 3. The zero-order valence-electron chi connectivity index (χ0n) is 14.6. The molecule has 28 heavy (non-hydrogen) atoms. The summed E-state index contributed by atoms with van der Waals surface area (Å²) in [6.45, 7) is 1.52. The Labute approximate surface area is 168 Å². The van der Waals surface area contributed by atoms with Gasteiger partial charge in [-0.05, 0) is 35.9 Å². The number of carbonyl (C=O) groups excluding carboxylic acids is 1. The van der Waals surface area contributed by atoms with Crippen molar-refractivity contribution in [1.82, 2.24) is 36.0 Å². The van der Waals surface area contributed by atoms with Crippen LogP contribution in [0.2, 0.25) is 10.0 Å². The van der Waals surface area contributed by atoms with Crippen LogP contribution in [0.3, 0.4) is 0 Å². The molecule has 146 valence electrons. The highest BCUT2D eigenvalue weighted by molar-refractivity contribution is 6.37. The van der Waals surface area contributed by atoms with Gasteiger partial charge in [0.2, 0.25) is 5.82 Å². The van der Waals surface area contributed by atoms with Crippen molar-refractivity contribution in [2.24, 2.45) is 7.05 Å². The Balaban J connectivity index is 2.07. The molecule has 2 aromatic heterocycles. The van der Waals surface area contributed by atoms with Crippen LogP contribution in [0.4, 0.5) is 9.18 Å². The number of nitrogens with zero attached hydrogens (tertiary/aromatic N) is 5. The summed E-state index contributed by atoms with van der Waals surface area (Å²) in [5.41, 5.74) is 2.68. The molecule has 0 unspecified atom stereocenters. The number of carbonyl (C=O) groups is 1. The van der Waals surface area contributed by atoms with E-state index in [9.17, 15) is 9.18 Å². The van der Waals surface area contributed by atoms with Crippen molar-refractivity contribution in [3.8, 4) is 22.5 Å². The zero-order valence-corrected chi connectivity index (χ0v) is 16.1. The zero-order chi connectivity index (χ0) is 20.4. The SMILES string of the molecule is C[C@@H](NC(=O)NO)c1ncc(-c2cc(Cl)cc(Cl)c2-c2nnn(C)n2)cc1F. The largest absolute Gasteiger partial charge is 0.339 e. The number of pyridine rings is 1. The van der Waals surface area contributed by atoms with E-state index >= 15 is 0 Å². The third-order valence-corrected chi connectivity index (χ3v) is 4.34. The summed E-state index contributed by atoms with van der Waals surface area (Å²) in [7, 11) is 1.60. The van der Waals surface area contributed by atoms with Crippen molar-refractivity contribution in [3.05, 3.63) is 46.0 Å². The smallest absolute Gasteiger partial charge is 0.328 e. The molecule has 0 spiro atoms. The van der Waals surface area contributed by atoms with Gasteiger partial charge >= 0.3 is 6.03 Å². The number of rotatable bonds is 4. The van der Waals surface area contributed by atoms with E-state index in [0.717, 1.165) is 0 Å². The molecule has 3 N–H and O–H groups in total. The van der Waals surface area contributed by atoms with E-state index in [1.807, 2.05) is 0 Å². The number of hydroxylamine groups is 1. The first-order valence-corrected chi connectivity index (χ1v) is 8.65. The molecule has 0 bridgehead atoms. The Kier molecular flexibility index (Phi) is 5.73. The highest BCUT2D eigenvalue weighted by atomic mass is 35.5. The first-order chi connectivity index (χ1) is 13.3. The number of halogens is 3. The molecule has 12 heteroatoms. The Morgan fingerprint density at radius 1 is 1.32 bits per heavy atom. The van der Waals surface area contributed by atoms with Gasteiger partial charge in [0, 0.05) is 22.3 Å². The van der Waals surface area contributed by atoms with Crippen LogP contribution in [0.25, 0.3) is 22.5 Å². The number of aromatic nitrogens is 5. The van der Waals surface area contributed by atoms with E-state index in [1.54, 1.807) is 13.1 Å². The highest BCUT2D eigenvalue weighted by Gasteiger charge is 2.20. The van der Waals surface area contributed by atoms with Gasteiger partial charge in [-0.1, -0.05) is 23.2 Å². The van der Waals surface area contributed by atoms with Crippen molar-refractivity contribution in [2.45, 2.75) is 13.0 Å². The summed E-state index contributed by atoms with van der Waals surface area (Å²) < 4.78 is 14.7. The molecule has 0 saturated carbocycles. The summed E-state index contributed by atoms with van der Waals surface area (Å²) in [6.07, 6.45) is 1.41. The lowest BCUT2D eigenvalue weighted by Crippen LogP contribution is -2.35. The molecule has 2 heterocycles. The Hall–Kier alpha value is -2.82. The van der Waals surface area contributed by atoms with E-state index in [4.69, 9.17) is 28.4 Å². The van der Waals surface area contributed by atoms with E-state index in [0.29, 0.717) is 21.7 Å². The summed E-state index contributed by atoms with van der Waals surface area (Å²) in [6, 6.07) is 2.69. The van der Waals surface area contributed by atoms with Gasteiger partial charge in [0.05, 0.1) is 23.8 Å². The van der Waals surface area contributed by atoms with E-state index in [1.165, 1.54) is 35.5 Å². The van der Waals surface area contributed by atoms with Gasteiger partial charge in [0.15, 0.2) is 0 Å². The van der Waals surface area contributed by atoms with Crippen LogP contribution < -0.4 is 10.8 Å². The van der Waals surface area contributed by atoms with Crippen molar-refractivity contribution in [1.29, 1.82) is 0 Å². The van der Waals surface area contributed by atoms with Crippen LogP contribution >= 0.6 is 23.2 Å². The topological polar surface area (TPSA) is 118 Å². The van der Waals surface area contributed by atoms with Gasteiger partial charge in [-0.15, -0.1) is 10.2 Å². The average molecular weight is 426 g/mol. The van der Waals surface area contributed by atoms with Gasteiger partial charge in [-0.25, -0.2) is 14.7 Å². The van der Waals surface area contributed by atoms with E-state index in [-0.39, 0.29) is 16.5 Å². The lowest BCUT2D eigenvalue weighted by molar-refractivity contribution is 0.159. The van der Waals surface area contributed by atoms with Crippen molar-refractivity contribution in [3.63, 3.8) is 0 Å². The number of benzene rings is 1. The van der Waals surface area contributed by atoms with Gasteiger partial charge in [0.1, 0.15) is 5.82 Å². The Morgan fingerprint density at radius 3 is 2.68 bits per heavy atom. The summed E-state index contributed by atoms with van der Waals surface area (Å²) in [5, 5.41) is 23.4. The molecule has 2 amide bonds. The minimum atomic E-state index is -0.879. The van der Waals surface area contributed by atoms with Crippen LogP contribution in [0.1, 0.15) is 18.7 Å². The Bertz CT molecular complexity index is 1040. The van der Waals surface area contributed by atoms with E-state index < -0.39 is 17.9 Å². The molecule has 0 saturated heterocycles. The predicted octanol–water partition coefficient (Wildman–Crippen LogP) is 3.13. The lowest BCUT2D eigenvalue weighted by Gasteiger charge is -2.15. The second kappa shape index (κ2) is 8.05. The third-order valence-electron chi connectivity index (χ3n) is 3.83. The first kappa shape index (κ1) is 19.9. The number of aryl methyl sites for hydroxylation is 1. The molecule has 0 aliphatic heterocycles. The monoisotopic (exact) mass is 425 g/mol. The molecule has 3 aromatic rings. The fraction of sp³-hybridized carbons (Fsp3) is 0.188.